The second-order valence-electron chi connectivity index (χ2n) is 4.87. The summed E-state index contributed by atoms with van der Waals surface area (Å²) in [6.07, 6.45) is 2.41. The van der Waals surface area contributed by atoms with E-state index in [-0.39, 0.29) is 5.56 Å². The number of rotatable bonds is 4. The molecule has 0 radical (unpaired) electrons. The van der Waals surface area contributed by atoms with E-state index < -0.39 is 12.5 Å². The number of aliphatic hydroxyl groups excluding tert-OH is 1. The zero-order valence-electron chi connectivity index (χ0n) is 9.78. The van der Waals surface area contributed by atoms with Crippen LogP contribution in [0.3, 0.4) is 0 Å². The molecule has 1 saturated carbocycles. The van der Waals surface area contributed by atoms with E-state index in [1.165, 1.54) is 25.0 Å². The molecule has 1 aliphatic rings. The van der Waals surface area contributed by atoms with Crippen molar-refractivity contribution in [3.63, 3.8) is 0 Å². The SMILES string of the molecule is OC(CC1CCCC1)c1cccc(C(F)F)c1. The summed E-state index contributed by atoms with van der Waals surface area (Å²) in [6, 6.07) is 6.14. The van der Waals surface area contributed by atoms with E-state index in [0.29, 0.717) is 17.9 Å². The molecule has 1 N–H and O–H groups in total. The minimum absolute atomic E-state index is 0.00651. The topological polar surface area (TPSA) is 20.2 Å². The Hall–Kier alpha value is -0.960. The number of alkyl halides is 2. The molecule has 94 valence electrons. The highest BCUT2D eigenvalue weighted by Crippen LogP contribution is 2.33. The van der Waals surface area contributed by atoms with Gasteiger partial charge in [0.25, 0.3) is 6.43 Å². The number of halogens is 2. The molecule has 0 saturated heterocycles. The average molecular weight is 240 g/mol. The first kappa shape index (κ1) is 12.5. The predicted octanol–water partition coefficient (Wildman–Crippen LogP) is 4.24. The second-order valence-corrected chi connectivity index (χ2v) is 4.87. The van der Waals surface area contributed by atoms with Crippen LogP contribution < -0.4 is 0 Å². The summed E-state index contributed by atoms with van der Waals surface area (Å²) in [5.41, 5.74) is 0.614. The van der Waals surface area contributed by atoms with Crippen LogP contribution in [0.4, 0.5) is 8.78 Å². The van der Waals surface area contributed by atoms with Crippen molar-refractivity contribution >= 4 is 0 Å². The molecule has 1 fully saturated rings. The standard InChI is InChI=1S/C14H18F2O/c15-14(16)12-7-3-6-11(9-12)13(17)8-10-4-1-2-5-10/h3,6-7,9-10,13-14,17H,1-2,4-5,8H2. The number of aliphatic hydroxyl groups is 1. The molecule has 1 aliphatic carbocycles. The van der Waals surface area contributed by atoms with Gasteiger partial charge in [-0.2, -0.15) is 0 Å². The molecule has 0 amide bonds. The maximum Gasteiger partial charge on any atom is 0.263 e. The van der Waals surface area contributed by atoms with Gasteiger partial charge in [-0.1, -0.05) is 43.9 Å². The van der Waals surface area contributed by atoms with Crippen LogP contribution in [0.2, 0.25) is 0 Å². The first-order valence-corrected chi connectivity index (χ1v) is 6.23. The molecule has 0 spiro atoms. The van der Waals surface area contributed by atoms with Gasteiger partial charge in [0, 0.05) is 5.56 Å². The van der Waals surface area contributed by atoms with Crippen LogP contribution >= 0.6 is 0 Å². The summed E-state index contributed by atoms with van der Waals surface area (Å²) in [4.78, 5) is 0. The maximum atomic E-state index is 12.5. The average Bonchev–Trinajstić information content (AvgIpc) is 2.82. The fraction of sp³-hybridized carbons (Fsp3) is 0.571. The van der Waals surface area contributed by atoms with Crippen LogP contribution in [0.15, 0.2) is 24.3 Å². The highest BCUT2D eigenvalue weighted by Gasteiger charge is 2.20. The molecule has 1 nitrogen and oxygen atoms in total. The Balaban J connectivity index is 2.02. The van der Waals surface area contributed by atoms with Gasteiger partial charge < -0.3 is 5.11 Å². The smallest absolute Gasteiger partial charge is 0.263 e. The van der Waals surface area contributed by atoms with Gasteiger partial charge in [0.05, 0.1) is 6.10 Å². The van der Waals surface area contributed by atoms with Gasteiger partial charge in [-0.25, -0.2) is 8.78 Å². The van der Waals surface area contributed by atoms with Crippen molar-refractivity contribution in [3.05, 3.63) is 35.4 Å². The third-order valence-electron chi connectivity index (χ3n) is 3.58. The molecular formula is C14H18F2O. The van der Waals surface area contributed by atoms with Crippen molar-refractivity contribution in [1.29, 1.82) is 0 Å². The minimum atomic E-state index is -2.46. The number of hydrogen-bond donors (Lipinski definition) is 1. The van der Waals surface area contributed by atoms with Crippen molar-refractivity contribution in [1.82, 2.24) is 0 Å². The van der Waals surface area contributed by atoms with Crippen molar-refractivity contribution < 1.29 is 13.9 Å². The van der Waals surface area contributed by atoms with Gasteiger partial charge in [-0.3, -0.25) is 0 Å². The van der Waals surface area contributed by atoms with Crippen LogP contribution in [0.5, 0.6) is 0 Å². The van der Waals surface area contributed by atoms with E-state index >= 15 is 0 Å². The third-order valence-corrected chi connectivity index (χ3v) is 3.58. The van der Waals surface area contributed by atoms with Gasteiger partial charge in [0.2, 0.25) is 0 Å². The Morgan fingerprint density at radius 2 is 1.82 bits per heavy atom. The molecule has 1 unspecified atom stereocenters. The number of benzene rings is 1. The van der Waals surface area contributed by atoms with Crippen LogP contribution in [-0.2, 0) is 0 Å². The third kappa shape index (κ3) is 3.25. The lowest BCUT2D eigenvalue weighted by Gasteiger charge is -2.16. The molecule has 0 bridgehead atoms. The molecule has 1 atom stereocenters. The Bertz CT molecular complexity index is 359. The lowest BCUT2D eigenvalue weighted by atomic mass is 9.95. The lowest BCUT2D eigenvalue weighted by Crippen LogP contribution is -2.04. The van der Waals surface area contributed by atoms with Crippen molar-refractivity contribution in [2.24, 2.45) is 5.92 Å². The van der Waals surface area contributed by atoms with Crippen LogP contribution in [0.25, 0.3) is 0 Å². The summed E-state index contributed by atoms with van der Waals surface area (Å²) in [7, 11) is 0. The summed E-state index contributed by atoms with van der Waals surface area (Å²) in [5.74, 6) is 0.556. The molecule has 0 heterocycles. The Morgan fingerprint density at radius 1 is 1.18 bits per heavy atom. The molecule has 1 aromatic rings. The minimum Gasteiger partial charge on any atom is -0.388 e. The van der Waals surface area contributed by atoms with Crippen molar-refractivity contribution in [2.45, 2.75) is 44.6 Å². The van der Waals surface area contributed by atoms with Crippen molar-refractivity contribution in [3.8, 4) is 0 Å². The molecule has 1 aromatic carbocycles. The number of hydrogen-bond acceptors (Lipinski definition) is 1. The van der Waals surface area contributed by atoms with E-state index in [2.05, 4.69) is 0 Å². The normalized spacial score (nSPS) is 18.8. The molecule has 0 aromatic heterocycles. The highest BCUT2D eigenvalue weighted by molar-refractivity contribution is 5.26. The monoisotopic (exact) mass is 240 g/mol. The molecule has 0 aliphatic heterocycles. The van der Waals surface area contributed by atoms with E-state index in [0.717, 1.165) is 12.8 Å². The largest absolute Gasteiger partial charge is 0.388 e. The highest BCUT2D eigenvalue weighted by atomic mass is 19.3. The zero-order valence-corrected chi connectivity index (χ0v) is 9.78. The van der Waals surface area contributed by atoms with E-state index in [4.69, 9.17) is 0 Å². The molecule has 3 heteroatoms. The van der Waals surface area contributed by atoms with Crippen LogP contribution in [0.1, 0.15) is 55.8 Å². The van der Waals surface area contributed by atoms with Gasteiger partial charge in [-0.15, -0.1) is 0 Å². The summed E-state index contributed by atoms with van der Waals surface area (Å²) < 4.78 is 25.1. The fourth-order valence-electron chi connectivity index (χ4n) is 2.60. The molecule has 17 heavy (non-hydrogen) atoms. The summed E-state index contributed by atoms with van der Waals surface area (Å²) in [5, 5.41) is 10.0. The first-order valence-electron chi connectivity index (χ1n) is 6.23. The fourth-order valence-corrected chi connectivity index (χ4v) is 2.60. The van der Waals surface area contributed by atoms with Gasteiger partial charge >= 0.3 is 0 Å². The Labute approximate surface area is 100 Å². The van der Waals surface area contributed by atoms with E-state index in [1.807, 2.05) is 0 Å². The second kappa shape index (κ2) is 5.58. The van der Waals surface area contributed by atoms with Gasteiger partial charge in [0.1, 0.15) is 0 Å². The Kier molecular flexibility index (Phi) is 4.11. The zero-order chi connectivity index (χ0) is 12.3. The van der Waals surface area contributed by atoms with Gasteiger partial charge in [-0.05, 0) is 24.0 Å². The van der Waals surface area contributed by atoms with Crippen molar-refractivity contribution in [2.75, 3.05) is 0 Å². The molecule has 2 rings (SSSR count). The van der Waals surface area contributed by atoms with Gasteiger partial charge in [0.15, 0.2) is 0 Å². The predicted molar refractivity (Wildman–Crippen MR) is 62.9 cm³/mol. The lowest BCUT2D eigenvalue weighted by molar-refractivity contribution is 0.140. The summed E-state index contributed by atoms with van der Waals surface area (Å²) >= 11 is 0. The van der Waals surface area contributed by atoms with E-state index in [1.54, 1.807) is 12.1 Å². The molecular weight excluding hydrogens is 222 g/mol. The van der Waals surface area contributed by atoms with E-state index in [9.17, 15) is 13.9 Å². The maximum absolute atomic E-state index is 12.5. The quantitative estimate of drug-likeness (QED) is 0.834. The van der Waals surface area contributed by atoms with Crippen LogP contribution in [0, 0.1) is 5.92 Å². The summed E-state index contributed by atoms with van der Waals surface area (Å²) in [6.45, 7) is 0. The first-order chi connectivity index (χ1) is 8.16. The Morgan fingerprint density at radius 3 is 2.47 bits per heavy atom. The van der Waals surface area contributed by atoms with Crippen LogP contribution in [-0.4, -0.2) is 5.11 Å².